The second-order valence-electron chi connectivity index (χ2n) is 3.43. The van der Waals surface area contributed by atoms with Crippen LogP contribution in [0, 0.1) is 0 Å². The predicted octanol–water partition coefficient (Wildman–Crippen LogP) is 2.18. The van der Waals surface area contributed by atoms with Crippen LogP contribution in [0.5, 0.6) is 5.75 Å². The van der Waals surface area contributed by atoms with Gasteiger partial charge in [0.05, 0.1) is 30.6 Å². The van der Waals surface area contributed by atoms with Gasteiger partial charge in [-0.3, -0.25) is 4.68 Å². The highest BCUT2D eigenvalue weighted by molar-refractivity contribution is 6.30. The summed E-state index contributed by atoms with van der Waals surface area (Å²) in [4.78, 5) is 0. The standard InChI is InChI=1S/C11H12ClN3O/c1-16-11-3-2-8(4-10(11)13)6-15-7-9(12)5-14-15/h2-5,7H,6,13H2,1H3. The van der Waals surface area contributed by atoms with E-state index in [1.807, 2.05) is 18.2 Å². The minimum absolute atomic E-state index is 0.623. The number of ether oxygens (including phenoxy) is 1. The number of nitrogens with two attached hydrogens (primary N) is 1. The normalized spacial score (nSPS) is 10.4. The Kier molecular flexibility index (Phi) is 3.01. The molecule has 0 saturated heterocycles. The topological polar surface area (TPSA) is 53.1 Å². The van der Waals surface area contributed by atoms with E-state index in [0.29, 0.717) is 23.0 Å². The van der Waals surface area contributed by atoms with Crippen molar-refractivity contribution in [3.8, 4) is 5.75 Å². The fourth-order valence-corrected chi connectivity index (χ4v) is 1.65. The summed E-state index contributed by atoms with van der Waals surface area (Å²) < 4.78 is 6.84. The van der Waals surface area contributed by atoms with Crippen molar-refractivity contribution in [3.05, 3.63) is 41.2 Å². The molecule has 0 bridgehead atoms. The van der Waals surface area contributed by atoms with Gasteiger partial charge >= 0.3 is 0 Å². The maximum absolute atomic E-state index is 5.81. The number of hydrogen-bond acceptors (Lipinski definition) is 3. The van der Waals surface area contributed by atoms with Crippen molar-refractivity contribution in [2.75, 3.05) is 12.8 Å². The molecule has 0 amide bonds. The van der Waals surface area contributed by atoms with Gasteiger partial charge in [-0.1, -0.05) is 17.7 Å². The molecule has 0 aliphatic heterocycles. The lowest BCUT2D eigenvalue weighted by molar-refractivity contribution is 0.417. The number of methoxy groups -OCH3 is 1. The molecule has 0 aliphatic rings. The molecule has 0 unspecified atom stereocenters. The van der Waals surface area contributed by atoms with Crippen LogP contribution in [-0.2, 0) is 6.54 Å². The molecule has 1 aromatic heterocycles. The second kappa shape index (κ2) is 4.45. The first-order valence-electron chi connectivity index (χ1n) is 4.79. The summed E-state index contributed by atoms with van der Waals surface area (Å²) in [6, 6.07) is 5.66. The molecule has 0 aliphatic carbocycles. The number of halogens is 1. The molecule has 1 aromatic carbocycles. The summed E-state index contributed by atoms with van der Waals surface area (Å²) in [6.45, 7) is 0.640. The molecule has 2 rings (SSSR count). The van der Waals surface area contributed by atoms with Crippen LogP contribution < -0.4 is 10.5 Å². The molecule has 0 fully saturated rings. The monoisotopic (exact) mass is 237 g/mol. The summed E-state index contributed by atoms with van der Waals surface area (Å²) in [5.41, 5.74) is 7.49. The number of rotatable bonds is 3. The minimum atomic E-state index is 0.623. The van der Waals surface area contributed by atoms with Gasteiger partial charge in [0.1, 0.15) is 5.75 Å². The number of hydrogen-bond donors (Lipinski definition) is 1. The van der Waals surface area contributed by atoms with Gasteiger partial charge in [-0.2, -0.15) is 5.10 Å². The van der Waals surface area contributed by atoms with E-state index < -0.39 is 0 Å². The third-order valence-electron chi connectivity index (χ3n) is 2.24. The van der Waals surface area contributed by atoms with E-state index in [4.69, 9.17) is 22.1 Å². The molecule has 2 N–H and O–H groups in total. The van der Waals surface area contributed by atoms with Gasteiger partial charge < -0.3 is 10.5 Å². The summed E-state index contributed by atoms with van der Waals surface area (Å²) in [6.07, 6.45) is 3.37. The van der Waals surface area contributed by atoms with Gasteiger partial charge in [-0.15, -0.1) is 0 Å². The van der Waals surface area contributed by atoms with Crippen LogP contribution in [0.1, 0.15) is 5.56 Å². The van der Waals surface area contributed by atoms with Crippen molar-refractivity contribution in [1.82, 2.24) is 9.78 Å². The first-order valence-corrected chi connectivity index (χ1v) is 5.17. The highest BCUT2D eigenvalue weighted by Crippen LogP contribution is 2.22. The van der Waals surface area contributed by atoms with E-state index in [0.717, 1.165) is 5.56 Å². The van der Waals surface area contributed by atoms with Crippen molar-refractivity contribution < 1.29 is 4.74 Å². The van der Waals surface area contributed by atoms with Crippen LogP contribution in [0.2, 0.25) is 5.02 Å². The van der Waals surface area contributed by atoms with Crippen LogP contribution in [-0.4, -0.2) is 16.9 Å². The number of aromatic nitrogens is 2. The Morgan fingerprint density at radius 3 is 2.88 bits per heavy atom. The summed E-state index contributed by atoms with van der Waals surface area (Å²) >= 11 is 5.78. The largest absolute Gasteiger partial charge is 0.495 e. The molecule has 16 heavy (non-hydrogen) atoms. The van der Waals surface area contributed by atoms with Crippen LogP contribution >= 0.6 is 11.6 Å². The van der Waals surface area contributed by atoms with Gasteiger partial charge in [0, 0.05) is 6.20 Å². The summed E-state index contributed by atoms with van der Waals surface area (Å²) in [7, 11) is 1.60. The second-order valence-corrected chi connectivity index (χ2v) is 3.87. The minimum Gasteiger partial charge on any atom is -0.495 e. The zero-order chi connectivity index (χ0) is 11.5. The molecule has 0 saturated carbocycles. The number of nitrogens with zero attached hydrogens (tertiary/aromatic N) is 2. The lowest BCUT2D eigenvalue weighted by Gasteiger charge is -2.07. The zero-order valence-electron chi connectivity index (χ0n) is 8.85. The maximum Gasteiger partial charge on any atom is 0.141 e. The lowest BCUT2D eigenvalue weighted by Crippen LogP contribution is -2.01. The van der Waals surface area contributed by atoms with E-state index in [9.17, 15) is 0 Å². The van der Waals surface area contributed by atoms with Gasteiger partial charge in [0.25, 0.3) is 0 Å². The molecule has 0 radical (unpaired) electrons. The molecule has 0 atom stereocenters. The smallest absolute Gasteiger partial charge is 0.141 e. The zero-order valence-corrected chi connectivity index (χ0v) is 9.61. The summed E-state index contributed by atoms with van der Waals surface area (Å²) in [5.74, 6) is 0.683. The molecular formula is C11H12ClN3O. The Labute approximate surface area is 98.6 Å². The number of anilines is 1. The Bertz CT molecular complexity index is 496. The molecular weight excluding hydrogens is 226 g/mol. The molecule has 5 heteroatoms. The molecule has 4 nitrogen and oxygen atoms in total. The van der Waals surface area contributed by atoms with Crippen LogP contribution in [0.25, 0.3) is 0 Å². The van der Waals surface area contributed by atoms with Gasteiger partial charge in [0.2, 0.25) is 0 Å². The Balaban J connectivity index is 2.19. The third kappa shape index (κ3) is 2.28. The van der Waals surface area contributed by atoms with E-state index in [1.165, 1.54) is 0 Å². The third-order valence-corrected chi connectivity index (χ3v) is 2.44. The first-order chi connectivity index (χ1) is 7.69. The van der Waals surface area contributed by atoms with Crippen molar-refractivity contribution in [1.29, 1.82) is 0 Å². The predicted molar refractivity (Wildman–Crippen MR) is 63.7 cm³/mol. The Hall–Kier alpha value is -1.68. The average molecular weight is 238 g/mol. The molecule has 2 aromatic rings. The van der Waals surface area contributed by atoms with E-state index in [-0.39, 0.29) is 0 Å². The number of benzene rings is 1. The Morgan fingerprint density at radius 1 is 1.50 bits per heavy atom. The quantitative estimate of drug-likeness (QED) is 0.833. The van der Waals surface area contributed by atoms with Crippen LogP contribution in [0.4, 0.5) is 5.69 Å². The van der Waals surface area contributed by atoms with Crippen LogP contribution in [0.3, 0.4) is 0 Å². The van der Waals surface area contributed by atoms with E-state index >= 15 is 0 Å². The molecule has 84 valence electrons. The van der Waals surface area contributed by atoms with Gasteiger partial charge in [0.15, 0.2) is 0 Å². The van der Waals surface area contributed by atoms with Crippen molar-refractivity contribution in [2.45, 2.75) is 6.54 Å². The van der Waals surface area contributed by atoms with E-state index in [2.05, 4.69) is 5.10 Å². The van der Waals surface area contributed by atoms with Gasteiger partial charge in [-0.05, 0) is 17.7 Å². The fourth-order valence-electron chi connectivity index (χ4n) is 1.49. The van der Waals surface area contributed by atoms with Crippen LogP contribution in [0.15, 0.2) is 30.6 Å². The van der Waals surface area contributed by atoms with Crippen molar-refractivity contribution in [2.24, 2.45) is 0 Å². The average Bonchev–Trinajstić information content (AvgIpc) is 2.64. The molecule has 1 heterocycles. The van der Waals surface area contributed by atoms with Crippen molar-refractivity contribution >= 4 is 17.3 Å². The molecule has 0 spiro atoms. The number of nitrogen functional groups attached to an aromatic ring is 1. The Morgan fingerprint density at radius 2 is 2.31 bits per heavy atom. The maximum atomic E-state index is 5.81. The van der Waals surface area contributed by atoms with E-state index in [1.54, 1.807) is 24.2 Å². The highest BCUT2D eigenvalue weighted by atomic mass is 35.5. The fraction of sp³-hybridized carbons (Fsp3) is 0.182. The first kappa shape index (κ1) is 10.8. The SMILES string of the molecule is COc1ccc(Cn2cc(Cl)cn2)cc1N. The highest BCUT2D eigenvalue weighted by Gasteiger charge is 2.02. The van der Waals surface area contributed by atoms with Crippen molar-refractivity contribution in [3.63, 3.8) is 0 Å². The lowest BCUT2D eigenvalue weighted by atomic mass is 10.2. The van der Waals surface area contributed by atoms with Gasteiger partial charge in [-0.25, -0.2) is 0 Å². The summed E-state index contributed by atoms with van der Waals surface area (Å²) in [5, 5.41) is 4.72.